The summed E-state index contributed by atoms with van der Waals surface area (Å²) in [6.45, 7) is -2.07. The van der Waals surface area contributed by atoms with Crippen molar-refractivity contribution in [2.45, 2.75) is 6.92 Å². The fourth-order valence-corrected chi connectivity index (χ4v) is 2.33. The van der Waals surface area contributed by atoms with Gasteiger partial charge in [0.25, 0.3) is 0 Å². The molecule has 0 aromatic heterocycles. The van der Waals surface area contributed by atoms with Crippen molar-refractivity contribution in [3.63, 3.8) is 0 Å². The molecule has 0 N–H and O–H groups in total. The van der Waals surface area contributed by atoms with Gasteiger partial charge in [0.05, 0.1) is 6.61 Å². The van der Waals surface area contributed by atoms with E-state index in [2.05, 4.69) is 11.8 Å². The Kier molecular flexibility index (Phi) is 11.2. The van der Waals surface area contributed by atoms with Crippen molar-refractivity contribution in [2.75, 3.05) is 6.61 Å². The molecule has 0 aliphatic carbocycles. The molecule has 4 nitrogen and oxygen atoms in total. The van der Waals surface area contributed by atoms with E-state index in [1.807, 2.05) is 25.1 Å². The van der Waals surface area contributed by atoms with Crippen LogP contribution in [-0.2, 0) is 11.8 Å². The summed E-state index contributed by atoms with van der Waals surface area (Å²) in [5, 5.41) is 1.52. The van der Waals surface area contributed by atoms with Crippen LogP contribution in [0.2, 0.25) is 0 Å². The molecule has 0 saturated heterocycles. The first-order valence-electron chi connectivity index (χ1n) is 5.37. The Morgan fingerprint density at radius 3 is 2.35 bits per heavy atom. The molecule has 96 valence electrons. The molecular weight excluding hydrogens is 349 g/mol. The van der Waals surface area contributed by atoms with Gasteiger partial charge in [0.15, 0.2) is 11.5 Å². The monoisotopic (exact) mass is 360 g/mol. The van der Waals surface area contributed by atoms with Gasteiger partial charge in [-0.25, -0.2) is 0 Å². The molecule has 2 rings (SSSR count). The van der Waals surface area contributed by atoms with Crippen LogP contribution < -0.4 is 122 Å². The Morgan fingerprint density at radius 1 is 1.10 bits per heavy atom. The van der Waals surface area contributed by atoms with Gasteiger partial charge in [0.2, 0.25) is 0 Å². The van der Waals surface area contributed by atoms with Gasteiger partial charge in [-0.05, 0) is 25.1 Å². The molecule has 0 fully saturated rings. The van der Waals surface area contributed by atoms with Gasteiger partial charge in [-0.2, -0.15) is 0 Å². The molecule has 0 amide bonds. The van der Waals surface area contributed by atoms with E-state index in [0.29, 0.717) is 17.7 Å². The van der Waals surface area contributed by atoms with Crippen molar-refractivity contribution in [1.29, 1.82) is 0 Å². The van der Waals surface area contributed by atoms with Crippen LogP contribution in [0.15, 0.2) is 36.4 Å². The second-order valence-corrected chi connectivity index (χ2v) is 6.00. The first-order valence-corrected chi connectivity index (χ1v) is 7.93. The minimum absolute atomic E-state index is 0. The molecule has 0 aliphatic rings. The maximum atomic E-state index is 11.2. The van der Waals surface area contributed by atoms with Crippen molar-refractivity contribution in [3.05, 3.63) is 36.4 Å². The van der Waals surface area contributed by atoms with Gasteiger partial charge in [-0.1, -0.05) is 42.1 Å². The van der Waals surface area contributed by atoms with E-state index in [1.54, 1.807) is 18.2 Å². The molecule has 0 unspecified atom stereocenters. The maximum absolute atomic E-state index is 11.2. The molecule has 0 atom stereocenters. The molecule has 0 spiro atoms. The zero-order valence-corrected chi connectivity index (χ0v) is 19.6. The minimum Gasteiger partial charge on any atom is -0.803 e. The number of hydrogen-bond acceptors (Lipinski definition) is 5. The third-order valence-corrected chi connectivity index (χ3v) is 2.98. The molecule has 0 bridgehead atoms. The van der Waals surface area contributed by atoms with Gasteiger partial charge in [-0.3, -0.25) is 0 Å². The van der Waals surface area contributed by atoms with E-state index in [-0.39, 0.29) is 109 Å². The third-order valence-electron chi connectivity index (χ3n) is 2.35. The number of rotatable bonds is 4. The maximum Gasteiger partial charge on any atom is 1.00 e. The molecule has 0 saturated carbocycles. The Bertz CT molecular complexity index is 617. The molecule has 2 aromatic carbocycles. The van der Waals surface area contributed by atoms with Crippen molar-refractivity contribution in [3.8, 4) is 11.5 Å². The summed E-state index contributed by atoms with van der Waals surface area (Å²) < 4.78 is 10.2. The summed E-state index contributed by atoms with van der Waals surface area (Å²) in [6, 6.07) is 10.8. The van der Waals surface area contributed by atoms with Crippen LogP contribution in [0.1, 0.15) is 6.92 Å². The van der Waals surface area contributed by atoms with Crippen LogP contribution in [0.3, 0.4) is 0 Å². The fraction of sp³-hybridized carbons (Fsp3) is 0.167. The van der Waals surface area contributed by atoms with Crippen LogP contribution in [-0.4, -0.2) is 6.61 Å². The van der Waals surface area contributed by atoms with Gasteiger partial charge in [0, 0.05) is 5.39 Å². The van der Waals surface area contributed by atoms with E-state index in [1.165, 1.54) is 0 Å². The minimum atomic E-state index is -4.29. The topological polar surface area (TPSA) is 64.6 Å². The molecule has 2 aromatic rings. The summed E-state index contributed by atoms with van der Waals surface area (Å²) in [7, 11) is 0. The molecule has 0 radical (unpaired) electrons. The van der Waals surface area contributed by atoms with E-state index < -0.39 is 6.72 Å². The largest absolute Gasteiger partial charge is 1.00 e. The van der Waals surface area contributed by atoms with E-state index >= 15 is 0 Å². The average molecular weight is 360 g/mol. The van der Waals surface area contributed by atoms with Crippen molar-refractivity contribution in [1.82, 2.24) is 0 Å². The zero-order chi connectivity index (χ0) is 13.2. The van der Waals surface area contributed by atoms with E-state index in [4.69, 9.17) is 9.26 Å². The van der Waals surface area contributed by atoms with Crippen LogP contribution in [0.5, 0.6) is 11.5 Å². The first-order chi connectivity index (χ1) is 8.51. The Balaban J connectivity index is 0.00000180. The number of benzene rings is 2. The van der Waals surface area contributed by atoms with Crippen LogP contribution in [0.4, 0.5) is 0 Å². The Morgan fingerprint density at radius 2 is 1.75 bits per heavy atom. The number of fused-ring (bicyclic) bond motifs is 1. The van der Waals surface area contributed by atoms with Crippen LogP contribution in [0.25, 0.3) is 10.8 Å². The Labute approximate surface area is 208 Å². The summed E-state index contributed by atoms with van der Waals surface area (Å²) in [5.41, 5.74) is 0. The second kappa shape index (κ2) is 10.1. The molecule has 20 heavy (non-hydrogen) atoms. The van der Waals surface area contributed by atoms with Crippen molar-refractivity contribution < 1.29 is 122 Å². The quantitative estimate of drug-likeness (QED) is 0.407. The van der Waals surface area contributed by atoms with Crippen molar-refractivity contribution in [2.24, 2.45) is 0 Å². The molecule has 0 aliphatic heterocycles. The predicted octanol–water partition coefficient (Wildman–Crippen LogP) is -4.43. The third kappa shape index (κ3) is 6.33. The normalized spacial score (nSPS) is 10.3. The fourth-order valence-electron chi connectivity index (χ4n) is 1.70. The van der Waals surface area contributed by atoms with Gasteiger partial charge in [-0.15, -0.1) is 0 Å². The summed E-state index contributed by atoms with van der Waals surface area (Å²) in [4.78, 5) is 22.3. The van der Waals surface area contributed by atoms with Gasteiger partial charge < -0.3 is 19.0 Å². The predicted molar refractivity (Wildman–Crippen MR) is 70.0 cm³/mol. The number of ether oxygens (including phenoxy) is 1. The first kappa shape index (κ1) is 22.1. The summed E-state index contributed by atoms with van der Waals surface area (Å²) in [6.07, 6.45) is 0. The van der Waals surface area contributed by atoms with Crippen molar-refractivity contribution >= 4 is 29.3 Å². The summed E-state index contributed by atoms with van der Waals surface area (Å²) >= 11 is 4.30. The van der Waals surface area contributed by atoms with Gasteiger partial charge in [0.1, 0.15) is 0 Å². The SMILES string of the molecule is CCOc1ccc2ccccc2c1OP([O-])([O-])=S.[K+].[K+]. The zero-order valence-electron chi connectivity index (χ0n) is 11.7. The molecule has 0 heterocycles. The van der Waals surface area contributed by atoms with Crippen LogP contribution in [0, 0.1) is 0 Å². The Hall–Kier alpha value is 2.14. The van der Waals surface area contributed by atoms with Crippen LogP contribution >= 0.6 is 6.72 Å². The van der Waals surface area contributed by atoms with Gasteiger partial charge >= 0.3 is 103 Å². The molecular formula is C12H11K2O4PS. The average Bonchev–Trinajstić information content (AvgIpc) is 2.31. The second-order valence-electron chi connectivity index (χ2n) is 3.59. The van der Waals surface area contributed by atoms with E-state index in [9.17, 15) is 9.79 Å². The van der Waals surface area contributed by atoms with E-state index in [0.717, 1.165) is 5.39 Å². The molecule has 8 heteroatoms. The standard InChI is InChI=1S/C12H13O4PS.2K/c1-2-15-11-8-7-9-5-3-4-6-10(9)12(11)16-17(13,14)18;;/h3-8H,2H2,1H3,(H2,13,14,18);;/q;2*+1/p-2. The smallest absolute Gasteiger partial charge is 0.803 e. The number of hydrogen-bond donors (Lipinski definition) is 0. The summed E-state index contributed by atoms with van der Waals surface area (Å²) in [5.74, 6) is 0.528.